The maximum atomic E-state index is 12.0. The lowest BCUT2D eigenvalue weighted by Crippen LogP contribution is -2.29. The maximum Gasteiger partial charge on any atom is 0.224 e. The van der Waals surface area contributed by atoms with Gasteiger partial charge in [-0.1, -0.05) is 11.8 Å². The Morgan fingerprint density at radius 2 is 1.95 bits per heavy atom. The highest BCUT2D eigenvalue weighted by atomic mass is 32.2. The minimum atomic E-state index is 0.228. The monoisotopic (exact) mass is 309 g/mol. The molecule has 0 unspecified atom stereocenters. The van der Waals surface area contributed by atoms with E-state index < -0.39 is 0 Å². The van der Waals surface area contributed by atoms with E-state index in [9.17, 15) is 4.79 Å². The van der Waals surface area contributed by atoms with Gasteiger partial charge in [0, 0.05) is 38.7 Å². The summed E-state index contributed by atoms with van der Waals surface area (Å²) in [7, 11) is 0. The first-order valence-electron chi connectivity index (χ1n) is 7.41. The number of likely N-dealkylation sites (tertiary alicyclic amines) is 1. The van der Waals surface area contributed by atoms with Crippen LogP contribution >= 0.6 is 11.8 Å². The summed E-state index contributed by atoms with van der Waals surface area (Å²) in [6.07, 6.45) is 4.73. The van der Waals surface area contributed by atoms with Gasteiger partial charge in [-0.25, -0.2) is 9.97 Å². The molecule has 21 heavy (non-hydrogen) atoms. The van der Waals surface area contributed by atoms with E-state index in [1.807, 2.05) is 24.1 Å². The molecule has 6 nitrogen and oxygen atoms in total. The highest BCUT2D eigenvalue weighted by Crippen LogP contribution is 2.17. The van der Waals surface area contributed by atoms with Crippen LogP contribution in [0.3, 0.4) is 0 Å². The number of thioether (sulfide) groups is 1. The smallest absolute Gasteiger partial charge is 0.224 e. The first-order valence-corrected chi connectivity index (χ1v) is 8.64. The van der Waals surface area contributed by atoms with Gasteiger partial charge in [-0.15, -0.1) is 0 Å². The summed E-state index contributed by atoms with van der Waals surface area (Å²) in [5.74, 6) is 1.80. The second-order valence-corrected chi connectivity index (χ2v) is 5.69. The Hall–Kier alpha value is -1.50. The molecular formula is C14H23N5OS. The molecule has 116 valence electrons. The minimum Gasteiger partial charge on any atom is -0.370 e. The Balaban J connectivity index is 1.86. The summed E-state index contributed by atoms with van der Waals surface area (Å²) < 4.78 is 0. The van der Waals surface area contributed by atoms with Gasteiger partial charge in [0.25, 0.3) is 0 Å². The Morgan fingerprint density at radius 1 is 1.29 bits per heavy atom. The van der Waals surface area contributed by atoms with E-state index >= 15 is 0 Å². The van der Waals surface area contributed by atoms with Crippen molar-refractivity contribution in [3.63, 3.8) is 0 Å². The summed E-state index contributed by atoms with van der Waals surface area (Å²) in [4.78, 5) is 22.7. The standard InChI is InChI=1S/C14H23N5OS/c1-3-15-11-10-12(18-14(17-11)21-2)16-7-6-13(20)19-8-4-5-9-19/h10H,3-9H2,1-2H3,(H2,15,16,17,18). The molecule has 2 N–H and O–H groups in total. The number of carbonyl (C=O) groups excluding carboxylic acids is 1. The van der Waals surface area contributed by atoms with Gasteiger partial charge in [-0.05, 0) is 26.0 Å². The van der Waals surface area contributed by atoms with E-state index in [4.69, 9.17) is 0 Å². The predicted molar refractivity (Wildman–Crippen MR) is 86.9 cm³/mol. The fourth-order valence-corrected chi connectivity index (χ4v) is 2.68. The molecule has 0 radical (unpaired) electrons. The number of nitrogens with zero attached hydrogens (tertiary/aromatic N) is 3. The van der Waals surface area contributed by atoms with Crippen LogP contribution in [0.15, 0.2) is 11.2 Å². The first-order chi connectivity index (χ1) is 10.2. The van der Waals surface area contributed by atoms with E-state index in [-0.39, 0.29) is 5.91 Å². The Kier molecular flexibility index (Phi) is 6.10. The zero-order valence-electron chi connectivity index (χ0n) is 12.7. The quantitative estimate of drug-likeness (QED) is 0.593. The van der Waals surface area contributed by atoms with Gasteiger partial charge in [0.2, 0.25) is 5.91 Å². The molecule has 1 amide bonds. The molecule has 1 saturated heterocycles. The van der Waals surface area contributed by atoms with Crippen molar-refractivity contribution >= 4 is 29.3 Å². The Labute approximate surface area is 130 Å². The molecular weight excluding hydrogens is 286 g/mol. The van der Waals surface area contributed by atoms with Crippen molar-refractivity contribution in [2.45, 2.75) is 31.3 Å². The average Bonchev–Trinajstić information content (AvgIpc) is 3.01. The summed E-state index contributed by atoms with van der Waals surface area (Å²) >= 11 is 1.51. The van der Waals surface area contributed by atoms with Gasteiger partial charge in [-0.2, -0.15) is 0 Å². The lowest BCUT2D eigenvalue weighted by Gasteiger charge is -2.15. The van der Waals surface area contributed by atoms with Crippen molar-refractivity contribution in [1.82, 2.24) is 14.9 Å². The maximum absolute atomic E-state index is 12.0. The number of aromatic nitrogens is 2. The summed E-state index contributed by atoms with van der Waals surface area (Å²) in [6, 6.07) is 1.88. The molecule has 1 aliphatic rings. The number of carbonyl (C=O) groups is 1. The average molecular weight is 309 g/mol. The van der Waals surface area contributed by atoms with Crippen LogP contribution in [0.4, 0.5) is 11.6 Å². The highest BCUT2D eigenvalue weighted by molar-refractivity contribution is 7.98. The molecule has 0 atom stereocenters. The van der Waals surface area contributed by atoms with Crippen LogP contribution in [0.5, 0.6) is 0 Å². The third-order valence-electron chi connectivity index (χ3n) is 3.35. The third kappa shape index (κ3) is 4.77. The zero-order chi connectivity index (χ0) is 15.1. The van der Waals surface area contributed by atoms with Gasteiger partial charge in [-0.3, -0.25) is 4.79 Å². The molecule has 7 heteroatoms. The van der Waals surface area contributed by atoms with E-state index in [1.165, 1.54) is 11.8 Å². The lowest BCUT2D eigenvalue weighted by atomic mass is 10.3. The summed E-state index contributed by atoms with van der Waals surface area (Å²) in [6.45, 7) is 5.27. The van der Waals surface area contributed by atoms with Crippen LogP contribution in [0.1, 0.15) is 26.2 Å². The zero-order valence-corrected chi connectivity index (χ0v) is 13.5. The largest absolute Gasteiger partial charge is 0.370 e. The second kappa shape index (κ2) is 8.07. The van der Waals surface area contributed by atoms with Crippen molar-refractivity contribution in [3.05, 3.63) is 6.07 Å². The van der Waals surface area contributed by atoms with Crippen molar-refractivity contribution in [2.75, 3.05) is 43.1 Å². The van der Waals surface area contributed by atoms with Crippen LogP contribution < -0.4 is 10.6 Å². The van der Waals surface area contributed by atoms with Gasteiger partial charge in [0.05, 0.1) is 0 Å². The lowest BCUT2D eigenvalue weighted by molar-refractivity contribution is -0.129. The normalized spacial score (nSPS) is 14.3. The SMILES string of the molecule is CCNc1cc(NCCC(=O)N2CCCC2)nc(SC)n1. The number of rotatable bonds is 7. The Morgan fingerprint density at radius 3 is 2.57 bits per heavy atom. The van der Waals surface area contributed by atoms with E-state index in [1.54, 1.807) is 0 Å². The topological polar surface area (TPSA) is 70.2 Å². The van der Waals surface area contributed by atoms with Crippen molar-refractivity contribution in [3.8, 4) is 0 Å². The number of anilines is 2. The molecule has 2 rings (SSSR count). The minimum absolute atomic E-state index is 0.228. The molecule has 0 bridgehead atoms. The van der Waals surface area contributed by atoms with Crippen LogP contribution in [-0.2, 0) is 4.79 Å². The molecule has 2 heterocycles. The van der Waals surface area contributed by atoms with Crippen LogP contribution in [0.25, 0.3) is 0 Å². The molecule has 1 aromatic rings. The molecule has 0 aliphatic carbocycles. The molecule has 1 aromatic heterocycles. The summed E-state index contributed by atoms with van der Waals surface area (Å²) in [5.41, 5.74) is 0. The molecule has 1 aliphatic heterocycles. The van der Waals surface area contributed by atoms with Crippen molar-refractivity contribution < 1.29 is 4.79 Å². The van der Waals surface area contributed by atoms with Gasteiger partial charge in [0.15, 0.2) is 5.16 Å². The first kappa shape index (κ1) is 15.9. The summed E-state index contributed by atoms with van der Waals surface area (Å²) in [5, 5.41) is 7.13. The van der Waals surface area contributed by atoms with Gasteiger partial charge in [0.1, 0.15) is 11.6 Å². The van der Waals surface area contributed by atoms with Gasteiger partial charge < -0.3 is 15.5 Å². The number of hydrogen-bond donors (Lipinski definition) is 2. The number of amides is 1. The van der Waals surface area contributed by atoms with E-state index in [0.717, 1.165) is 49.3 Å². The highest BCUT2D eigenvalue weighted by Gasteiger charge is 2.17. The molecule has 1 fully saturated rings. The second-order valence-electron chi connectivity index (χ2n) is 4.92. The molecule has 0 aromatic carbocycles. The number of nitrogens with one attached hydrogen (secondary N) is 2. The van der Waals surface area contributed by atoms with E-state index in [2.05, 4.69) is 20.6 Å². The fourth-order valence-electron chi connectivity index (χ4n) is 2.30. The van der Waals surface area contributed by atoms with Crippen LogP contribution in [0.2, 0.25) is 0 Å². The predicted octanol–water partition coefficient (Wildman–Crippen LogP) is 2.05. The van der Waals surface area contributed by atoms with Gasteiger partial charge >= 0.3 is 0 Å². The molecule has 0 saturated carbocycles. The van der Waals surface area contributed by atoms with Crippen LogP contribution in [0, 0.1) is 0 Å². The van der Waals surface area contributed by atoms with E-state index in [0.29, 0.717) is 13.0 Å². The fraction of sp³-hybridized carbons (Fsp3) is 0.643. The third-order valence-corrected chi connectivity index (χ3v) is 3.90. The van der Waals surface area contributed by atoms with Crippen molar-refractivity contribution in [2.24, 2.45) is 0 Å². The van der Waals surface area contributed by atoms with Crippen molar-refractivity contribution in [1.29, 1.82) is 0 Å². The number of hydrogen-bond acceptors (Lipinski definition) is 6. The van der Waals surface area contributed by atoms with Crippen LogP contribution in [-0.4, -0.2) is 53.2 Å². The molecule has 0 spiro atoms. The Bertz CT molecular complexity index is 476.